The summed E-state index contributed by atoms with van der Waals surface area (Å²) in [6.45, 7) is 0.448. The molecule has 0 aliphatic carbocycles. The molecule has 0 aliphatic rings. The third-order valence-corrected chi connectivity index (χ3v) is 4.76. The van der Waals surface area contributed by atoms with E-state index in [-0.39, 0.29) is 11.6 Å². The Balaban J connectivity index is 2.01. The Kier molecular flexibility index (Phi) is 6.19. The van der Waals surface area contributed by atoms with Gasteiger partial charge in [-0.15, -0.1) is 10.2 Å². The molecule has 2 aromatic carbocycles. The first-order valence-corrected chi connectivity index (χ1v) is 9.48. The minimum Gasteiger partial charge on any atom is -0.493 e. The number of halogens is 1. The first-order chi connectivity index (χ1) is 13.8. The number of carbonyl (C=O) groups is 1. The number of ether oxygens (including phenoxy) is 2. The Hall–Kier alpha value is -2.91. The van der Waals surface area contributed by atoms with E-state index in [0.717, 1.165) is 9.99 Å². The summed E-state index contributed by atoms with van der Waals surface area (Å²) in [6.07, 6.45) is 0. The molecule has 0 aliphatic heterocycles. The number of benzene rings is 2. The van der Waals surface area contributed by atoms with Crippen molar-refractivity contribution in [1.29, 1.82) is 0 Å². The molecule has 0 radical (unpaired) electrons. The molecule has 0 unspecified atom stereocenters. The summed E-state index contributed by atoms with van der Waals surface area (Å²) in [6, 6.07) is 10.3. The summed E-state index contributed by atoms with van der Waals surface area (Å²) >= 11 is 3.43. The van der Waals surface area contributed by atoms with Gasteiger partial charge in [-0.05, 0) is 50.5 Å². The van der Waals surface area contributed by atoms with Crippen molar-refractivity contribution in [2.45, 2.75) is 6.67 Å². The second-order valence-corrected chi connectivity index (χ2v) is 7.47. The van der Waals surface area contributed by atoms with Crippen LogP contribution < -0.4 is 9.47 Å². The van der Waals surface area contributed by atoms with Crippen LogP contribution in [0.4, 0.5) is 5.69 Å². The Morgan fingerprint density at radius 2 is 1.86 bits per heavy atom. The van der Waals surface area contributed by atoms with Gasteiger partial charge in [0, 0.05) is 15.4 Å². The van der Waals surface area contributed by atoms with E-state index in [1.807, 2.05) is 37.2 Å². The number of methoxy groups -OCH3 is 2. The van der Waals surface area contributed by atoms with Gasteiger partial charge in [0.2, 0.25) is 5.88 Å². The van der Waals surface area contributed by atoms with Gasteiger partial charge < -0.3 is 14.6 Å². The quantitative estimate of drug-likeness (QED) is 0.544. The Labute approximate surface area is 176 Å². The van der Waals surface area contributed by atoms with E-state index in [9.17, 15) is 9.90 Å². The summed E-state index contributed by atoms with van der Waals surface area (Å²) in [5.74, 6) is 0.308. The van der Waals surface area contributed by atoms with E-state index in [1.165, 1.54) is 20.3 Å². The molecule has 0 spiro atoms. The highest BCUT2D eigenvalue weighted by molar-refractivity contribution is 9.10. The van der Waals surface area contributed by atoms with Gasteiger partial charge in [-0.3, -0.25) is 14.3 Å². The number of carbonyl (C=O) groups excluding carboxylic acids is 1. The Morgan fingerprint density at radius 3 is 2.52 bits per heavy atom. The van der Waals surface area contributed by atoms with Crippen LogP contribution in [0.1, 0.15) is 10.4 Å². The lowest BCUT2D eigenvalue weighted by Crippen LogP contribution is -2.16. The molecule has 0 atom stereocenters. The van der Waals surface area contributed by atoms with Crippen LogP contribution in [0, 0.1) is 0 Å². The highest BCUT2D eigenvalue weighted by atomic mass is 79.9. The zero-order valence-electron chi connectivity index (χ0n) is 16.5. The van der Waals surface area contributed by atoms with Crippen LogP contribution in [0.25, 0.3) is 10.9 Å². The number of hydrogen-bond donors (Lipinski definition) is 1. The van der Waals surface area contributed by atoms with E-state index in [2.05, 4.69) is 26.2 Å². The van der Waals surface area contributed by atoms with Crippen LogP contribution in [0.3, 0.4) is 0 Å². The summed E-state index contributed by atoms with van der Waals surface area (Å²) in [5.41, 5.74) is 1.31. The SMILES string of the molecule is COc1ccc(C(=O)N=Nc2c(O)n(CN(C)C)c3ccc(Br)cc23)cc1OC. The molecule has 1 aromatic heterocycles. The maximum atomic E-state index is 12.5. The first-order valence-electron chi connectivity index (χ1n) is 8.69. The van der Waals surface area contributed by atoms with Crippen LogP contribution in [0.2, 0.25) is 0 Å². The van der Waals surface area contributed by atoms with Crippen molar-refractivity contribution in [3.63, 3.8) is 0 Å². The molecule has 1 heterocycles. The molecule has 3 aromatic rings. The van der Waals surface area contributed by atoms with Gasteiger partial charge in [-0.1, -0.05) is 15.9 Å². The predicted molar refractivity (Wildman–Crippen MR) is 113 cm³/mol. The van der Waals surface area contributed by atoms with Crippen molar-refractivity contribution in [2.24, 2.45) is 10.2 Å². The maximum Gasteiger partial charge on any atom is 0.295 e. The number of fused-ring (bicyclic) bond motifs is 1. The lowest BCUT2D eigenvalue weighted by Gasteiger charge is -2.13. The zero-order chi connectivity index (χ0) is 21.1. The second kappa shape index (κ2) is 8.62. The maximum absolute atomic E-state index is 12.5. The molecule has 8 nitrogen and oxygen atoms in total. The van der Waals surface area contributed by atoms with Crippen molar-refractivity contribution in [3.8, 4) is 17.4 Å². The number of aromatic nitrogens is 1. The van der Waals surface area contributed by atoms with Crippen molar-refractivity contribution in [1.82, 2.24) is 9.47 Å². The number of azo groups is 1. The molecule has 1 N–H and O–H groups in total. The lowest BCUT2D eigenvalue weighted by molar-refractivity contribution is 0.0994. The topological polar surface area (TPSA) is 88.7 Å². The van der Waals surface area contributed by atoms with Gasteiger partial charge >= 0.3 is 0 Å². The molecular weight excluding hydrogens is 440 g/mol. The van der Waals surface area contributed by atoms with E-state index in [0.29, 0.717) is 29.1 Å². The van der Waals surface area contributed by atoms with Gasteiger partial charge in [0.15, 0.2) is 17.2 Å². The summed E-state index contributed by atoms with van der Waals surface area (Å²) in [5, 5.41) is 19.3. The molecular formula is C20H21BrN4O4. The first kappa shape index (κ1) is 20.8. The van der Waals surface area contributed by atoms with Crippen molar-refractivity contribution in [2.75, 3.05) is 28.3 Å². The van der Waals surface area contributed by atoms with Crippen molar-refractivity contribution >= 4 is 38.4 Å². The molecule has 0 saturated carbocycles. The van der Waals surface area contributed by atoms with Gasteiger partial charge in [0.1, 0.15) is 0 Å². The van der Waals surface area contributed by atoms with Crippen LogP contribution in [-0.4, -0.2) is 48.8 Å². The van der Waals surface area contributed by atoms with E-state index in [4.69, 9.17) is 9.47 Å². The highest BCUT2D eigenvalue weighted by Crippen LogP contribution is 2.40. The minimum absolute atomic E-state index is 0.0596. The molecule has 9 heteroatoms. The second-order valence-electron chi connectivity index (χ2n) is 6.56. The fourth-order valence-electron chi connectivity index (χ4n) is 2.94. The fraction of sp³-hybridized carbons (Fsp3) is 0.250. The van der Waals surface area contributed by atoms with E-state index in [1.54, 1.807) is 16.7 Å². The van der Waals surface area contributed by atoms with Crippen LogP contribution in [0.15, 0.2) is 51.1 Å². The summed E-state index contributed by atoms with van der Waals surface area (Å²) in [7, 11) is 6.80. The lowest BCUT2D eigenvalue weighted by atomic mass is 10.2. The number of rotatable bonds is 6. The molecule has 1 amide bonds. The van der Waals surface area contributed by atoms with Crippen LogP contribution in [0.5, 0.6) is 17.4 Å². The third-order valence-electron chi connectivity index (χ3n) is 4.27. The van der Waals surface area contributed by atoms with E-state index < -0.39 is 5.91 Å². The Morgan fingerprint density at radius 1 is 1.14 bits per heavy atom. The fourth-order valence-corrected chi connectivity index (χ4v) is 3.30. The van der Waals surface area contributed by atoms with E-state index >= 15 is 0 Å². The van der Waals surface area contributed by atoms with Gasteiger partial charge in [-0.25, -0.2) is 0 Å². The number of nitrogens with zero attached hydrogens (tertiary/aromatic N) is 4. The molecule has 0 bridgehead atoms. The largest absolute Gasteiger partial charge is 0.493 e. The molecule has 152 valence electrons. The average molecular weight is 461 g/mol. The van der Waals surface area contributed by atoms with Gasteiger partial charge in [0.05, 0.1) is 26.4 Å². The van der Waals surface area contributed by atoms with Crippen molar-refractivity contribution < 1.29 is 19.4 Å². The summed E-state index contributed by atoms with van der Waals surface area (Å²) in [4.78, 5) is 14.4. The molecule has 0 saturated heterocycles. The van der Waals surface area contributed by atoms with Crippen LogP contribution >= 0.6 is 15.9 Å². The van der Waals surface area contributed by atoms with Crippen molar-refractivity contribution in [3.05, 3.63) is 46.4 Å². The number of aromatic hydroxyl groups is 1. The third kappa shape index (κ3) is 4.25. The molecule has 3 rings (SSSR count). The predicted octanol–water partition coefficient (Wildman–Crippen LogP) is 4.57. The smallest absolute Gasteiger partial charge is 0.295 e. The number of amides is 1. The number of hydrogen-bond acceptors (Lipinski definition) is 6. The summed E-state index contributed by atoms with van der Waals surface area (Å²) < 4.78 is 12.9. The standard InChI is InChI=1S/C20H21BrN4O4/c1-24(2)11-25-15-7-6-13(21)10-14(15)18(20(25)27)22-23-19(26)12-5-8-16(28-3)17(9-12)29-4/h5-10,27H,11H2,1-4H3. The molecule has 29 heavy (non-hydrogen) atoms. The van der Waals surface area contributed by atoms with Gasteiger partial charge in [-0.2, -0.15) is 0 Å². The molecule has 0 fully saturated rings. The average Bonchev–Trinajstić information content (AvgIpc) is 2.95. The monoisotopic (exact) mass is 460 g/mol. The van der Waals surface area contributed by atoms with Crippen LogP contribution in [-0.2, 0) is 6.67 Å². The highest BCUT2D eigenvalue weighted by Gasteiger charge is 2.18. The Bertz CT molecular complexity index is 1090. The normalized spacial score (nSPS) is 11.5. The minimum atomic E-state index is -0.561. The van der Waals surface area contributed by atoms with Gasteiger partial charge in [0.25, 0.3) is 5.91 Å². The zero-order valence-corrected chi connectivity index (χ0v) is 18.1.